The van der Waals surface area contributed by atoms with Gasteiger partial charge in [-0.25, -0.2) is 9.97 Å². The van der Waals surface area contributed by atoms with Crippen molar-refractivity contribution in [3.05, 3.63) is 35.2 Å². The molecule has 0 aliphatic carbocycles. The lowest BCUT2D eigenvalue weighted by molar-refractivity contribution is 0.0927. The van der Waals surface area contributed by atoms with Crippen LogP contribution in [-0.4, -0.2) is 44.8 Å². The molecule has 4 rings (SSSR count). The summed E-state index contributed by atoms with van der Waals surface area (Å²) < 4.78 is 1.72. The molecule has 4 heterocycles. The largest absolute Gasteiger partial charge is 0.354 e. The summed E-state index contributed by atoms with van der Waals surface area (Å²) in [5.41, 5.74) is 1.44. The Morgan fingerprint density at radius 3 is 3.08 bits per heavy atom. The van der Waals surface area contributed by atoms with Crippen LogP contribution in [0.25, 0.3) is 10.2 Å². The van der Waals surface area contributed by atoms with Gasteiger partial charge in [0.25, 0.3) is 5.91 Å². The van der Waals surface area contributed by atoms with Crippen molar-refractivity contribution < 1.29 is 4.79 Å². The molecule has 0 aromatic carbocycles. The van der Waals surface area contributed by atoms with Gasteiger partial charge in [-0.15, -0.1) is 11.3 Å². The van der Waals surface area contributed by atoms with Crippen molar-refractivity contribution in [1.82, 2.24) is 25.1 Å². The van der Waals surface area contributed by atoms with Crippen molar-refractivity contribution in [3.8, 4) is 0 Å². The highest BCUT2D eigenvalue weighted by Crippen LogP contribution is 2.28. The Kier molecular flexibility index (Phi) is 4.12. The highest BCUT2D eigenvalue weighted by atomic mass is 32.1. The highest BCUT2D eigenvalue weighted by Gasteiger charge is 2.25. The first-order chi connectivity index (χ1) is 12.1. The first-order valence-corrected chi connectivity index (χ1v) is 9.24. The second-order valence-electron chi connectivity index (χ2n) is 6.39. The van der Waals surface area contributed by atoms with E-state index < -0.39 is 0 Å². The summed E-state index contributed by atoms with van der Waals surface area (Å²) in [4.78, 5) is 24.5. The molecular formula is C17H20N6OS. The number of nitrogens with one attached hydrogen (secondary N) is 1. The van der Waals surface area contributed by atoms with Crippen molar-refractivity contribution >= 4 is 33.3 Å². The van der Waals surface area contributed by atoms with E-state index in [0.29, 0.717) is 5.69 Å². The average molecular weight is 356 g/mol. The van der Waals surface area contributed by atoms with Crippen molar-refractivity contribution in [2.24, 2.45) is 7.05 Å². The number of carbonyl (C=O) groups excluding carboxylic acids is 1. The molecule has 0 spiro atoms. The third kappa shape index (κ3) is 3.09. The monoisotopic (exact) mass is 356 g/mol. The molecule has 0 radical (unpaired) electrons. The molecule has 130 valence electrons. The number of fused-ring (bicyclic) bond motifs is 1. The summed E-state index contributed by atoms with van der Waals surface area (Å²) in [6.45, 7) is 3.63. The number of thiophene rings is 1. The lowest BCUT2D eigenvalue weighted by Crippen LogP contribution is -2.48. The van der Waals surface area contributed by atoms with Gasteiger partial charge in [-0.05, 0) is 37.3 Å². The van der Waals surface area contributed by atoms with Gasteiger partial charge in [0.05, 0.1) is 5.39 Å². The SMILES string of the molecule is Cc1cc(C(=O)NC2CCCN(c3ncnc4sccc34)C2)nn1C. The molecule has 1 N–H and O–H groups in total. The summed E-state index contributed by atoms with van der Waals surface area (Å²) in [6.07, 6.45) is 3.60. The van der Waals surface area contributed by atoms with Crippen molar-refractivity contribution in [2.45, 2.75) is 25.8 Å². The van der Waals surface area contributed by atoms with Crippen LogP contribution in [0.3, 0.4) is 0 Å². The number of anilines is 1. The molecular weight excluding hydrogens is 336 g/mol. The fourth-order valence-electron chi connectivity index (χ4n) is 3.25. The molecule has 1 aliphatic heterocycles. The van der Waals surface area contributed by atoms with Crippen LogP contribution in [-0.2, 0) is 7.05 Å². The number of hydrogen-bond acceptors (Lipinski definition) is 6. The predicted octanol–water partition coefficient (Wildman–Crippen LogP) is 2.13. The van der Waals surface area contributed by atoms with Crippen LogP contribution in [0, 0.1) is 6.92 Å². The van der Waals surface area contributed by atoms with Gasteiger partial charge >= 0.3 is 0 Å². The van der Waals surface area contributed by atoms with E-state index >= 15 is 0 Å². The predicted molar refractivity (Wildman–Crippen MR) is 98.1 cm³/mol. The number of amides is 1. The summed E-state index contributed by atoms with van der Waals surface area (Å²) in [5.74, 6) is 0.845. The second kappa shape index (κ2) is 6.44. The Balaban J connectivity index is 1.49. The molecule has 1 aliphatic rings. The van der Waals surface area contributed by atoms with E-state index in [0.717, 1.165) is 47.7 Å². The van der Waals surface area contributed by atoms with Crippen LogP contribution in [0.15, 0.2) is 23.8 Å². The van der Waals surface area contributed by atoms with Crippen molar-refractivity contribution in [1.29, 1.82) is 0 Å². The number of aromatic nitrogens is 4. The zero-order valence-corrected chi connectivity index (χ0v) is 15.1. The molecule has 1 saturated heterocycles. The standard InChI is InChI=1S/C17H20N6OS/c1-11-8-14(21-22(11)2)16(24)20-12-4-3-6-23(9-12)15-13-5-7-25-17(13)19-10-18-15/h5,7-8,10,12H,3-4,6,9H2,1-2H3,(H,20,24). The average Bonchev–Trinajstić information content (AvgIpc) is 3.22. The molecule has 1 unspecified atom stereocenters. The number of nitrogens with zero attached hydrogens (tertiary/aromatic N) is 5. The van der Waals surface area contributed by atoms with Gasteiger partial charge in [0, 0.05) is 31.9 Å². The molecule has 25 heavy (non-hydrogen) atoms. The van der Waals surface area contributed by atoms with Crippen LogP contribution >= 0.6 is 11.3 Å². The number of carbonyl (C=O) groups is 1. The fraction of sp³-hybridized carbons (Fsp3) is 0.412. The zero-order chi connectivity index (χ0) is 17.4. The van der Waals surface area contributed by atoms with E-state index in [4.69, 9.17) is 0 Å². The van der Waals surface area contributed by atoms with Gasteiger partial charge < -0.3 is 10.2 Å². The second-order valence-corrected chi connectivity index (χ2v) is 7.28. The minimum atomic E-state index is -0.112. The third-order valence-electron chi connectivity index (χ3n) is 4.64. The summed E-state index contributed by atoms with van der Waals surface area (Å²) in [7, 11) is 1.84. The first-order valence-electron chi connectivity index (χ1n) is 8.36. The number of aryl methyl sites for hydroxylation is 2. The quantitative estimate of drug-likeness (QED) is 0.778. The van der Waals surface area contributed by atoms with E-state index in [2.05, 4.69) is 31.3 Å². The smallest absolute Gasteiger partial charge is 0.272 e. The van der Waals surface area contributed by atoms with Gasteiger partial charge in [-0.1, -0.05) is 0 Å². The van der Waals surface area contributed by atoms with Gasteiger partial charge in [0.1, 0.15) is 22.7 Å². The normalized spacial score (nSPS) is 17.8. The summed E-state index contributed by atoms with van der Waals surface area (Å²) in [5, 5.41) is 10.5. The molecule has 1 atom stereocenters. The molecule has 0 saturated carbocycles. The number of piperidine rings is 1. The molecule has 0 bridgehead atoms. The lowest BCUT2D eigenvalue weighted by Gasteiger charge is -2.34. The van der Waals surface area contributed by atoms with Gasteiger partial charge in [0.2, 0.25) is 0 Å². The highest BCUT2D eigenvalue weighted by molar-refractivity contribution is 7.16. The van der Waals surface area contributed by atoms with Crippen molar-refractivity contribution in [2.75, 3.05) is 18.0 Å². The van der Waals surface area contributed by atoms with Crippen LogP contribution < -0.4 is 10.2 Å². The molecule has 7 nitrogen and oxygen atoms in total. The van der Waals surface area contributed by atoms with E-state index in [9.17, 15) is 4.79 Å². The third-order valence-corrected chi connectivity index (χ3v) is 5.46. The number of hydrogen-bond donors (Lipinski definition) is 1. The maximum atomic E-state index is 12.5. The molecule has 1 amide bonds. The fourth-order valence-corrected chi connectivity index (χ4v) is 3.97. The van der Waals surface area contributed by atoms with E-state index in [-0.39, 0.29) is 11.9 Å². The van der Waals surface area contributed by atoms with Crippen molar-refractivity contribution in [3.63, 3.8) is 0 Å². The van der Waals surface area contributed by atoms with Crippen LogP contribution in [0.4, 0.5) is 5.82 Å². The molecule has 3 aromatic rings. The Morgan fingerprint density at radius 2 is 2.28 bits per heavy atom. The Morgan fingerprint density at radius 1 is 1.40 bits per heavy atom. The maximum absolute atomic E-state index is 12.5. The zero-order valence-electron chi connectivity index (χ0n) is 14.3. The minimum absolute atomic E-state index is 0.0900. The lowest BCUT2D eigenvalue weighted by atomic mass is 10.1. The van der Waals surface area contributed by atoms with E-state index in [1.165, 1.54) is 0 Å². The number of rotatable bonds is 3. The van der Waals surface area contributed by atoms with Crippen LogP contribution in [0.5, 0.6) is 0 Å². The van der Waals surface area contributed by atoms with Gasteiger partial charge in [-0.2, -0.15) is 5.10 Å². The van der Waals surface area contributed by atoms with E-state index in [1.807, 2.05) is 25.4 Å². The summed E-state index contributed by atoms with van der Waals surface area (Å²) in [6, 6.07) is 3.97. The van der Waals surface area contributed by atoms with E-state index in [1.54, 1.807) is 22.3 Å². The van der Waals surface area contributed by atoms with Gasteiger partial charge in [-0.3, -0.25) is 9.48 Å². The summed E-state index contributed by atoms with van der Waals surface area (Å²) >= 11 is 1.62. The molecule has 1 fully saturated rings. The Hall–Kier alpha value is -2.48. The van der Waals surface area contributed by atoms with Crippen LogP contribution in [0.1, 0.15) is 29.0 Å². The van der Waals surface area contributed by atoms with Crippen LogP contribution in [0.2, 0.25) is 0 Å². The first kappa shape index (κ1) is 16.0. The molecule has 8 heteroatoms. The topological polar surface area (TPSA) is 75.9 Å². The minimum Gasteiger partial charge on any atom is -0.354 e. The molecule has 3 aromatic heterocycles. The Bertz CT molecular complexity index is 897. The van der Waals surface area contributed by atoms with Gasteiger partial charge in [0.15, 0.2) is 0 Å². The Labute approximate surface area is 149 Å². The maximum Gasteiger partial charge on any atom is 0.272 e.